The van der Waals surface area contributed by atoms with Crippen LogP contribution in [0.2, 0.25) is 5.15 Å². The fourth-order valence-corrected chi connectivity index (χ4v) is 3.44. The minimum atomic E-state index is 0.466. The van der Waals surface area contributed by atoms with Crippen molar-refractivity contribution in [2.75, 3.05) is 0 Å². The first-order chi connectivity index (χ1) is 8.63. The summed E-state index contributed by atoms with van der Waals surface area (Å²) >= 11 is 12.5. The number of nitrogens with zero attached hydrogens (tertiary/aromatic N) is 2. The minimum absolute atomic E-state index is 0.466. The Morgan fingerprint density at radius 1 is 1.28 bits per heavy atom. The van der Waals surface area contributed by atoms with Gasteiger partial charge in [-0.1, -0.05) is 44.7 Å². The average molecular weight is 289 g/mol. The van der Waals surface area contributed by atoms with E-state index in [0.717, 1.165) is 22.8 Å². The number of halogens is 2. The summed E-state index contributed by atoms with van der Waals surface area (Å²) in [6.45, 7) is 4.40. The van der Waals surface area contributed by atoms with Crippen LogP contribution in [0.15, 0.2) is 0 Å². The van der Waals surface area contributed by atoms with Gasteiger partial charge in [0.2, 0.25) is 0 Å². The van der Waals surface area contributed by atoms with Crippen molar-refractivity contribution in [3.63, 3.8) is 0 Å². The van der Waals surface area contributed by atoms with Crippen LogP contribution in [0.4, 0.5) is 0 Å². The quantitative estimate of drug-likeness (QED) is 0.715. The molecular weight excluding hydrogens is 267 g/mol. The normalized spacial score (nSPS) is 17.6. The third-order valence-electron chi connectivity index (χ3n) is 3.68. The molecule has 0 aliphatic heterocycles. The SMILES string of the molecule is CC(C)Cc1nn(C2CCCCC2)c(Cl)c1CCl. The lowest BCUT2D eigenvalue weighted by molar-refractivity contribution is 0.328. The van der Waals surface area contributed by atoms with Crippen molar-refractivity contribution in [3.8, 4) is 0 Å². The van der Waals surface area contributed by atoms with E-state index in [0.29, 0.717) is 17.8 Å². The molecule has 0 radical (unpaired) electrons. The van der Waals surface area contributed by atoms with E-state index in [4.69, 9.17) is 28.3 Å². The van der Waals surface area contributed by atoms with Gasteiger partial charge in [-0.3, -0.25) is 4.68 Å². The maximum absolute atomic E-state index is 6.46. The van der Waals surface area contributed by atoms with Gasteiger partial charge in [0, 0.05) is 5.56 Å². The van der Waals surface area contributed by atoms with Crippen LogP contribution in [0.3, 0.4) is 0 Å². The molecule has 0 saturated heterocycles. The maximum atomic E-state index is 6.46. The Morgan fingerprint density at radius 2 is 1.94 bits per heavy atom. The van der Waals surface area contributed by atoms with Crippen molar-refractivity contribution < 1.29 is 0 Å². The van der Waals surface area contributed by atoms with Crippen LogP contribution >= 0.6 is 23.2 Å². The summed E-state index contributed by atoms with van der Waals surface area (Å²) in [5.74, 6) is 1.05. The highest BCUT2D eigenvalue weighted by Crippen LogP contribution is 2.33. The van der Waals surface area contributed by atoms with Gasteiger partial charge in [-0.2, -0.15) is 5.10 Å². The number of aromatic nitrogens is 2. The topological polar surface area (TPSA) is 17.8 Å². The van der Waals surface area contributed by atoms with E-state index in [1.54, 1.807) is 0 Å². The van der Waals surface area contributed by atoms with E-state index in [1.165, 1.54) is 32.1 Å². The average Bonchev–Trinajstić information content (AvgIpc) is 2.66. The summed E-state index contributed by atoms with van der Waals surface area (Å²) in [4.78, 5) is 0. The Labute approximate surface area is 120 Å². The Hall–Kier alpha value is -0.210. The number of alkyl halides is 1. The summed E-state index contributed by atoms with van der Waals surface area (Å²) < 4.78 is 2.04. The Balaban J connectivity index is 2.27. The van der Waals surface area contributed by atoms with Crippen LogP contribution in [0.5, 0.6) is 0 Å². The minimum Gasteiger partial charge on any atom is -0.250 e. The molecule has 0 aromatic carbocycles. The molecule has 1 aromatic heterocycles. The molecule has 0 spiro atoms. The van der Waals surface area contributed by atoms with E-state index in [1.807, 2.05) is 4.68 Å². The molecule has 2 rings (SSSR count). The van der Waals surface area contributed by atoms with Crippen LogP contribution < -0.4 is 0 Å². The molecule has 1 saturated carbocycles. The van der Waals surface area contributed by atoms with Gasteiger partial charge < -0.3 is 0 Å². The smallest absolute Gasteiger partial charge is 0.132 e. The first kappa shape index (κ1) is 14.2. The molecule has 0 unspecified atom stereocenters. The van der Waals surface area contributed by atoms with E-state index in [-0.39, 0.29) is 0 Å². The lowest BCUT2D eigenvalue weighted by Crippen LogP contribution is -2.14. The van der Waals surface area contributed by atoms with Crippen LogP contribution in [0.1, 0.15) is 63.3 Å². The number of hydrogen-bond acceptors (Lipinski definition) is 1. The highest BCUT2D eigenvalue weighted by molar-refractivity contribution is 6.31. The maximum Gasteiger partial charge on any atom is 0.132 e. The molecule has 0 atom stereocenters. The molecule has 0 bridgehead atoms. The summed E-state index contributed by atoms with van der Waals surface area (Å²) in [6, 6.07) is 0.481. The van der Waals surface area contributed by atoms with E-state index < -0.39 is 0 Å². The summed E-state index contributed by atoms with van der Waals surface area (Å²) in [7, 11) is 0. The largest absolute Gasteiger partial charge is 0.250 e. The Morgan fingerprint density at radius 3 is 2.50 bits per heavy atom. The van der Waals surface area contributed by atoms with Crippen LogP contribution in [0, 0.1) is 5.92 Å². The molecule has 1 fully saturated rings. The summed E-state index contributed by atoms with van der Waals surface area (Å²) in [5, 5.41) is 5.52. The second kappa shape index (κ2) is 6.29. The van der Waals surface area contributed by atoms with Crippen molar-refractivity contribution in [2.24, 2.45) is 5.92 Å². The fourth-order valence-electron chi connectivity index (χ4n) is 2.74. The van der Waals surface area contributed by atoms with Crippen LogP contribution in [-0.2, 0) is 12.3 Å². The van der Waals surface area contributed by atoms with E-state index >= 15 is 0 Å². The zero-order chi connectivity index (χ0) is 13.1. The fraction of sp³-hybridized carbons (Fsp3) is 0.786. The molecule has 18 heavy (non-hydrogen) atoms. The standard InChI is InChI=1S/C14H22Cl2N2/c1-10(2)8-13-12(9-15)14(16)18(17-13)11-6-4-3-5-7-11/h10-11H,3-9H2,1-2H3. The zero-order valence-electron chi connectivity index (χ0n) is 11.3. The molecule has 1 aromatic rings. The van der Waals surface area contributed by atoms with Gasteiger partial charge in [0.1, 0.15) is 5.15 Å². The predicted molar refractivity (Wildman–Crippen MR) is 77.5 cm³/mol. The monoisotopic (exact) mass is 288 g/mol. The lowest BCUT2D eigenvalue weighted by Gasteiger charge is -2.22. The van der Waals surface area contributed by atoms with Crippen molar-refractivity contribution in [2.45, 2.75) is 64.3 Å². The third kappa shape index (κ3) is 3.03. The summed E-state index contributed by atoms with van der Waals surface area (Å²) in [6.07, 6.45) is 7.28. The number of hydrogen-bond donors (Lipinski definition) is 0. The third-order valence-corrected chi connectivity index (χ3v) is 4.35. The van der Waals surface area contributed by atoms with Crippen molar-refractivity contribution in [1.82, 2.24) is 9.78 Å². The molecule has 102 valence electrons. The molecule has 0 N–H and O–H groups in total. The van der Waals surface area contributed by atoms with Gasteiger partial charge in [0.05, 0.1) is 17.6 Å². The van der Waals surface area contributed by atoms with Gasteiger partial charge in [0.15, 0.2) is 0 Å². The van der Waals surface area contributed by atoms with E-state index in [2.05, 4.69) is 13.8 Å². The summed E-state index contributed by atoms with van der Waals surface area (Å²) in [5.41, 5.74) is 2.13. The zero-order valence-corrected chi connectivity index (χ0v) is 12.8. The first-order valence-corrected chi connectivity index (χ1v) is 7.86. The van der Waals surface area contributed by atoms with Crippen LogP contribution in [0.25, 0.3) is 0 Å². The molecule has 0 amide bonds. The first-order valence-electron chi connectivity index (χ1n) is 6.95. The Bertz CT molecular complexity index is 393. The van der Waals surface area contributed by atoms with Crippen LogP contribution in [-0.4, -0.2) is 9.78 Å². The van der Waals surface area contributed by atoms with Gasteiger partial charge in [-0.05, 0) is 25.2 Å². The van der Waals surface area contributed by atoms with E-state index in [9.17, 15) is 0 Å². The Kier molecular flexibility index (Phi) is 4.97. The van der Waals surface area contributed by atoms with Crippen molar-refractivity contribution in [1.29, 1.82) is 0 Å². The highest BCUT2D eigenvalue weighted by Gasteiger charge is 2.23. The molecule has 1 heterocycles. The van der Waals surface area contributed by atoms with Crippen molar-refractivity contribution >= 4 is 23.2 Å². The molecule has 2 nitrogen and oxygen atoms in total. The van der Waals surface area contributed by atoms with Gasteiger partial charge in [-0.15, -0.1) is 11.6 Å². The second-order valence-corrected chi connectivity index (χ2v) is 6.31. The van der Waals surface area contributed by atoms with Gasteiger partial charge in [-0.25, -0.2) is 0 Å². The molecular formula is C14H22Cl2N2. The molecule has 1 aliphatic rings. The van der Waals surface area contributed by atoms with Crippen molar-refractivity contribution in [3.05, 3.63) is 16.4 Å². The number of rotatable bonds is 4. The lowest BCUT2D eigenvalue weighted by atomic mass is 9.96. The molecule has 4 heteroatoms. The predicted octanol–water partition coefficient (Wildman–Crippen LogP) is 4.98. The molecule has 1 aliphatic carbocycles. The van der Waals surface area contributed by atoms with Gasteiger partial charge >= 0.3 is 0 Å². The highest BCUT2D eigenvalue weighted by atomic mass is 35.5. The van der Waals surface area contributed by atoms with Gasteiger partial charge in [0.25, 0.3) is 0 Å². The second-order valence-electron chi connectivity index (χ2n) is 5.68.